The van der Waals surface area contributed by atoms with Crippen LogP contribution in [0, 0.1) is 18.3 Å². The lowest BCUT2D eigenvalue weighted by molar-refractivity contribution is -0.115. The fourth-order valence-corrected chi connectivity index (χ4v) is 3.14. The number of carbonyl (C=O) groups excluding carboxylic acids is 2. The van der Waals surface area contributed by atoms with Gasteiger partial charge in [0, 0.05) is 19.5 Å². The van der Waals surface area contributed by atoms with Crippen molar-refractivity contribution in [1.29, 1.82) is 0 Å². The molecule has 5 nitrogen and oxygen atoms in total. The van der Waals surface area contributed by atoms with Crippen LogP contribution in [-0.2, 0) is 11.8 Å². The fraction of sp³-hybridized carbons (Fsp3) is 0.381. The number of aryl methyl sites for hydroxylation is 2. The average Bonchev–Trinajstić information content (AvgIpc) is 2.78. The molecule has 0 saturated carbocycles. The van der Waals surface area contributed by atoms with Gasteiger partial charge in [-0.1, -0.05) is 45.0 Å². The standard InChI is InChI=1S/C21H26FN3O2/c1-13(12-21(4,5)6)16-10-8-9-11-17(16)25(15(3)26)20(27)18-14(2)23-24(7)19(18)22/h8-12H,1-7H3/b13-12-. The molecule has 0 bridgehead atoms. The van der Waals surface area contributed by atoms with E-state index in [1.165, 1.54) is 14.0 Å². The zero-order chi connectivity index (χ0) is 20.5. The van der Waals surface area contributed by atoms with E-state index < -0.39 is 17.8 Å². The summed E-state index contributed by atoms with van der Waals surface area (Å²) in [5.41, 5.74) is 2.08. The van der Waals surface area contributed by atoms with Crippen molar-refractivity contribution in [3.8, 4) is 0 Å². The summed E-state index contributed by atoms with van der Waals surface area (Å²) in [7, 11) is 1.42. The molecule has 27 heavy (non-hydrogen) atoms. The maximum Gasteiger partial charge on any atom is 0.271 e. The van der Waals surface area contributed by atoms with Crippen molar-refractivity contribution in [1.82, 2.24) is 9.78 Å². The molecule has 0 aliphatic rings. The lowest BCUT2D eigenvalue weighted by atomic mass is 9.91. The summed E-state index contributed by atoms with van der Waals surface area (Å²) in [4.78, 5) is 26.5. The molecular weight excluding hydrogens is 345 g/mol. The normalized spacial score (nSPS) is 12.2. The van der Waals surface area contributed by atoms with E-state index in [0.717, 1.165) is 20.7 Å². The number of imide groups is 1. The number of benzene rings is 1. The second kappa shape index (κ2) is 7.47. The Hall–Kier alpha value is -2.76. The molecule has 0 radical (unpaired) electrons. The van der Waals surface area contributed by atoms with Gasteiger partial charge in [-0.15, -0.1) is 0 Å². The SMILES string of the molecule is CC(=O)N(C(=O)c1c(C)nn(C)c1F)c1ccccc1/C(C)=C\C(C)(C)C. The maximum atomic E-state index is 14.4. The second-order valence-corrected chi connectivity index (χ2v) is 7.74. The number of halogens is 1. The lowest BCUT2D eigenvalue weighted by Gasteiger charge is -2.23. The molecule has 1 aromatic carbocycles. The molecule has 2 rings (SSSR count). The first kappa shape index (κ1) is 20.6. The van der Waals surface area contributed by atoms with Crippen LogP contribution in [0.2, 0.25) is 0 Å². The van der Waals surface area contributed by atoms with Crippen molar-refractivity contribution in [2.45, 2.75) is 41.5 Å². The Kier molecular flexibility index (Phi) is 5.68. The first-order valence-electron chi connectivity index (χ1n) is 8.77. The van der Waals surface area contributed by atoms with Crippen LogP contribution in [0.15, 0.2) is 30.3 Å². The molecule has 0 saturated heterocycles. The zero-order valence-electron chi connectivity index (χ0n) is 16.9. The Morgan fingerprint density at radius 1 is 1.19 bits per heavy atom. The van der Waals surface area contributed by atoms with Crippen molar-refractivity contribution < 1.29 is 14.0 Å². The highest BCUT2D eigenvalue weighted by Crippen LogP contribution is 2.32. The predicted molar refractivity (Wildman–Crippen MR) is 105 cm³/mol. The molecule has 0 aliphatic carbocycles. The highest BCUT2D eigenvalue weighted by Gasteiger charge is 2.30. The van der Waals surface area contributed by atoms with Crippen molar-refractivity contribution >= 4 is 23.1 Å². The van der Waals surface area contributed by atoms with Gasteiger partial charge in [-0.25, -0.2) is 9.58 Å². The number of hydrogen-bond acceptors (Lipinski definition) is 3. The number of amides is 2. The van der Waals surface area contributed by atoms with Crippen molar-refractivity contribution in [2.24, 2.45) is 12.5 Å². The van der Waals surface area contributed by atoms with E-state index in [1.54, 1.807) is 19.1 Å². The molecule has 2 aromatic rings. The van der Waals surface area contributed by atoms with Gasteiger partial charge in [-0.3, -0.25) is 9.59 Å². The smallest absolute Gasteiger partial charge is 0.271 e. The third kappa shape index (κ3) is 4.32. The summed E-state index contributed by atoms with van der Waals surface area (Å²) in [6.45, 7) is 11.0. The molecule has 0 unspecified atom stereocenters. The van der Waals surface area contributed by atoms with Gasteiger partial charge in [0.1, 0.15) is 5.56 Å². The molecule has 1 aromatic heterocycles. The molecule has 6 heteroatoms. The first-order chi connectivity index (χ1) is 12.4. The summed E-state index contributed by atoms with van der Waals surface area (Å²) in [6.07, 6.45) is 2.07. The topological polar surface area (TPSA) is 55.2 Å². The maximum absolute atomic E-state index is 14.4. The lowest BCUT2D eigenvalue weighted by Crippen LogP contribution is -2.36. The van der Waals surface area contributed by atoms with Crippen LogP contribution in [0.4, 0.5) is 10.1 Å². The number of carbonyl (C=O) groups is 2. The van der Waals surface area contributed by atoms with Crippen LogP contribution in [0.25, 0.3) is 5.57 Å². The molecule has 0 N–H and O–H groups in total. The van der Waals surface area contributed by atoms with Gasteiger partial charge in [0.2, 0.25) is 11.9 Å². The predicted octanol–water partition coefficient (Wildman–Crippen LogP) is 4.51. The Balaban J connectivity index is 2.64. The van der Waals surface area contributed by atoms with Crippen LogP contribution < -0.4 is 4.90 Å². The largest absolute Gasteiger partial charge is 0.274 e. The highest BCUT2D eigenvalue weighted by atomic mass is 19.1. The summed E-state index contributed by atoms with van der Waals surface area (Å²) in [5, 5.41) is 3.94. The van der Waals surface area contributed by atoms with Gasteiger partial charge in [-0.05, 0) is 30.9 Å². The molecule has 1 heterocycles. The minimum absolute atomic E-state index is 0.0751. The van der Waals surface area contributed by atoms with Crippen molar-refractivity contribution in [3.63, 3.8) is 0 Å². The molecule has 0 fully saturated rings. The molecule has 0 spiro atoms. The fourth-order valence-electron chi connectivity index (χ4n) is 3.14. The van der Waals surface area contributed by atoms with E-state index in [4.69, 9.17) is 0 Å². The molecular formula is C21H26FN3O2. The monoisotopic (exact) mass is 371 g/mol. The number of hydrogen-bond donors (Lipinski definition) is 0. The quantitative estimate of drug-likeness (QED) is 0.798. The Morgan fingerprint density at radius 2 is 1.78 bits per heavy atom. The molecule has 144 valence electrons. The Labute approximate surface area is 159 Å². The molecule has 0 aliphatic heterocycles. The summed E-state index contributed by atoms with van der Waals surface area (Å²) in [6, 6.07) is 7.14. The summed E-state index contributed by atoms with van der Waals surface area (Å²) < 4.78 is 15.4. The number of allylic oxidation sites excluding steroid dienone is 2. The van der Waals surface area contributed by atoms with E-state index in [-0.39, 0.29) is 16.7 Å². The van der Waals surface area contributed by atoms with Crippen molar-refractivity contribution in [2.75, 3.05) is 4.90 Å². The number of aromatic nitrogens is 2. The summed E-state index contributed by atoms with van der Waals surface area (Å²) >= 11 is 0. The van der Waals surface area contributed by atoms with Gasteiger partial charge in [0.15, 0.2) is 0 Å². The van der Waals surface area contributed by atoms with Crippen LogP contribution in [0.3, 0.4) is 0 Å². The number of para-hydroxylation sites is 1. The Morgan fingerprint density at radius 3 is 2.26 bits per heavy atom. The average molecular weight is 371 g/mol. The van der Waals surface area contributed by atoms with E-state index >= 15 is 0 Å². The number of nitrogens with zero attached hydrogens (tertiary/aromatic N) is 3. The zero-order valence-corrected chi connectivity index (χ0v) is 16.9. The van der Waals surface area contributed by atoms with Crippen LogP contribution >= 0.6 is 0 Å². The first-order valence-corrected chi connectivity index (χ1v) is 8.77. The van der Waals surface area contributed by atoms with Crippen LogP contribution in [0.5, 0.6) is 0 Å². The Bertz CT molecular complexity index is 920. The van der Waals surface area contributed by atoms with E-state index in [1.807, 2.05) is 19.1 Å². The molecule has 0 atom stereocenters. The summed E-state index contributed by atoms with van der Waals surface area (Å²) in [5.74, 6) is -1.97. The van der Waals surface area contributed by atoms with Gasteiger partial charge < -0.3 is 0 Å². The van der Waals surface area contributed by atoms with Gasteiger partial charge in [-0.2, -0.15) is 9.49 Å². The minimum Gasteiger partial charge on any atom is -0.274 e. The van der Waals surface area contributed by atoms with Crippen LogP contribution in [-0.4, -0.2) is 21.6 Å². The van der Waals surface area contributed by atoms with E-state index in [2.05, 4.69) is 31.9 Å². The third-order valence-corrected chi connectivity index (χ3v) is 4.10. The van der Waals surface area contributed by atoms with E-state index in [9.17, 15) is 14.0 Å². The number of rotatable bonds is 3. The second-order valence-electron chi connectivity index (χ2n) is 7.74. The minimum atomic E-state index is -0.761. The van der Waals surface area contributed by atoms with Crippen LogP contribution in [0.1, 0.15) is 56.2 Å². The van der Waals surface area contributed by atoms with Crippen molar-refractivity contribution in [3.05, 3.63) is 53.1 Å². The molecule has 2 amide bonds. The van der Waals surface area contributed by atoms with E-state index in [0.29, 0.717) is 5.69 Å². The van der Waals surface area contributed by atoms with Gasteiger partial charge in [0.25, 0.3) is 5.91 Å². The van der Waals surface area contributed by atoms with Gasteiger partial charge >= 0.3 is 0 Å². The highest BCUT2D eigenvalue weighted by molar-refractivity contribution is 6.21. The third-order valence-electron chi connectivity index (χ3n) is 4.10. The number of anilines is 1. The van der Waals surface area contributed by atoms with Gasteiger partial charge in [0.05, 0.1) is 11.4 Å².